The summed E-state index contributed by atoms with van der Waals surface area (Å²) in [7, 11) is 0. The number of nitrogens with zero attached hydrogens (tertiary/aromatic N) is 2. The Labute approximate surface area is 139 Å². The predicted octanol–water partition coefficient (Wildman–Crippen LogP) is 1.43. The Morgan fingerprint density at radius 1 is 1.05 bits per heavy atom. The second-order valence-electron chi connectivity index (χ2n) is 6.15. The van der Waals surface area contributed by atoms with Crippen LogP contribution < -0.4 is 21.5 Å². The van der Waals surface area contributed by atoms with E-state index in [9.17, 15) is 0 Å². The van der Waals surface area contributed by atoms with Crippen LogP contribution in [0.3, 0.4) is 0 Å². The molecule has 0 saturated heterocycles. The van der Waals surface area contributed by atoms with Gasteiger partial charge in [-0.05, 0) is 18.3 Å². The number of hydrogen-bond donors (Lipinski definition) is 0. The molecule has 0 N–H and O–H groups in total. The minimum atomic E-state index is 0. The van der Waals surface area contributed by atoms with Crippen LogP contribution in [-0.2, 0) is 6.54 Å². The summed E-state index contributed by atoms with van der Waals surface area (Å²) in [6.45, 7) is 12.4. The van der Waals surface area contributed by atoms with Gasteiger partial charge < -0.3 is 17.0 Å². The van der Waals surface area contributed by atoms with Crippen LogP contribution in [-0.4, -0.2) is 4.57 Å². The van der Waals surface area contributed by atoms with Crippen molar-refractivity contribution < 1.29 is 21.5 Å². The third-order valence-corrected chi connectivity index (χ3v) is 3.77. The maximum absolute atomic E-state index is 2.29. The lowest BCUT2D eigenvalue weighted by molar-refractivity contribution is -0.696. The number of imidazole rings is 1. The molecule has 0 aliphatic heterocycles. The Kier molecular flexibility index (Phi) is 6.66. The number of halogens is 1. The van der Waals surface area contributed by atoms with Crippen molar-refractivity contribution >= 4 is 0 Å². The summed E-state index contributed by atoms with van der Waals surface area (Å²) in [4.78, 5) is 0. The van der Waals surface area contributed by atoms with Gasteiger partial charge in [0, 0.05) is 11.1 Å². The Hall–Kier alpha value is -1.09. The van der Waals surface area contributed by atoms with Crippen molar-refractivity contribution in [3.63, 3.8) is 0 Å². The first-order chi connectivity index (χ1) is 9.54. The van der Waals surface area contributed by atoms with Crippen molar-refractivity contribution in [1.29, 1.82) is 0 Å². The van der Waals surface area contributed by atoms with E-state index in [0.717, 1.165) is 13.0 Å². The normalized spacial score (nSPS) is 11.0. The first-order valence-corrected chi connectivity index (χ1v) is 7.74. The van der Waals surface area contributed by atoms with E-state index in [4.69, 9.17) is 0 Å². The third kappa shape index (κ3) is 3.97. The molecule has 1 aromatic carbocycles. The molecule has 0 aliphatic carbocycles. The van der Waals surface area contributed by atoms with E-state index in [0.29, 0.717) is 11.8 Å². The van der Waals surface area contributed by atoms with Crippen LogP contribution in [0, 0.1) is 0 Å². The first-order valence-electron chi connectivity index (χ1n) is 7.74. The van der Waals surface area contributed by atoms with Crippen LogP contribution >= 0.6 is 0 Å². The van der Waals surface area contributed by atoms with Crippen LogP contribution in [0.5, 0.6) is 0 Å². The summed E-state index contributed by atoms with van der Waals surface area (Å²) in [6, 6.07) is 6.71. The zero-order valence-corrected chi connectivity index (χ0v) is 15.4. The fraction of sp³-hybridized carbons (Fsp3) is 0.500. The molecule has 2 nitrogen and oxygen atoms in total. The zero-order chi connectivity index (χ0) is 14.7. The van der Waals surface area contributed by atoms with E-state index in [-0.39, 0.29) is 17.0 Å². The van der Waals surface area contributed by atoms with Gasteiger partial charge in [-0.3, -0.25) is 0 Å². The number of para-hydroxylation sites is 1. The van der Waals surface area contributed by atoms with Crippen LogP contribution in [0.2, 0.25) is 0 Å². The summed E-state index contributed by atoms with van der Waals surface area (Å²) >= 11 is 0. The molecule has 0 spiro atoms. The molecule has 21 heavy (non-hydrogen) atoms. The topological polar surface area (TPSA) is 8.81 Å². The maximum atomic E-state index is 2.29. The second-order valence-corrected chi connectivity index (χ2v) is 6.15. The van der Waals surface area contributed by atoms with Gasteiger partial charge in [-0.25, -0.2) is 9.13 Å². The van der Waals surface area contributed by atoms with Gasteiger partial charge in [0.15, 0.2) is 0 Å². The molecule has 0 saturated carbocycles. The fourth-order valence-corrected chi connectivity index (χ4v) is 2.73. The molecule has 0 radical (unpaired) electrons. The van der Waals surface area contributed by atoms with Gasteiger partial charge in [0.2, 0.25) is 6.33 Å². The van der Waals surface area contributed by atoms with E-state index in [1.807, 2.05) is 0 Å². The number of rotatable bonds is 5. The summed E-state index contributed by atoms with van der Waals surface area (Å²) in [5, 5.41) is 0. The third-order valence-electron chi connectivity index (χ3n) is 3.77. The standard InChI is InChI=1S/C18H27N2.BrH/c1-6-10-19-11-12-20(13-19)18-16(14(2)3)8-7-9-17(18)15(4)5;/h7-9,11-15H,6,10H2,1-5H3;1H/q+1;/p-1. The van der Waals surface area contributed by atoms with Crippen molar-refractivity contribution in [2.24, 2.45) is 0 Å². The molecule has 0 atom stereocenters. The van der Waals surface area contributed by atoms with Gasteiger partial charge in [0.1, 0.15) is 18.1 Å². The van der Waals surface area contributed by atoms with Crippen LogP contribution in [0.15, 0.2) is 36.9 Å². The molecule has 3 heteroatoms. The Morgan fingerprint density at radius 3 is 2.10 bits per heavy atom. The lowest BCUT2D eigenvalue weighted by atomic mass is 9.92. The molecule has 0 aliphatic rings. The number of aromatic nitrogens is 2. The summed E-state index contributed by atoms with van der Waals surface area (Å²) in [5.74, 6) is 1.07. The van der Waals surface area contributed by atoms with Gasteiger partial charge in [-0.1, -0.05) is 52.8 Å². The Bertz CT molecular complexity index is 544. The zero-order valence-electron chi connectivity index (χ0n) is 13.8. The molecule has 0 fully saturated rings. The average Bonchev–Trinajstić information content (AvgIpc) is 2.86. The largest absolute Gasteiger partial charge is 1.00 e. The van der Waals surface area contributed by atoms with E-state index >= 15 is 0 Å². The minimum absolute atomic E-state index is 0. The number of aryl methyl sites for hydroxylation is 1. The SMILES string of the molecule is CCC[n+]1ccn(-c2c(C(C)C)cccc2C(C)C)c1.[Br-]. The maximum Gasteiger partial charge on any atom is 0.248 e. The monoisotopic (exact) mass is 350 g/mol. The molecule has 2 aromatic rings. The van der Waals surface area contributed by atoms with Crippen LogP contribution in [0.1, 0.15) is 64.0 Å². The van der Waals surface area contributed by atoms with E-state index in [2.05, 4.69) is 80.7 Å². The number of hydrogen-bond acceptors (Lipinski definition) is 0. The molecular weight excluding hydrogens is 324 g/mol. The molecule has 116 valence electrons. The van der Waals surface area contributed by atoms with Crippen molar-refractivity contribution in [3.8, 4) is 5.69 Å². The second kappa shape index (κ2) is 7.79. The quantitative estimate of drug-likeness (QED) is 0.721. The van der Waals surface area contributed by atoms with Gasteiger partial charge in [-0.15, -0.1) is 0 Å². The molecular formula is C18H27BrN2. The van der Waals surface area contributed by atoms with Crippen LogP contribution in [0.25, 0.3) is 5.69 Å². The van der Waals surface area contributed by atoms with Gasteiger partial charge in [0.05, 0.1) is 6.54 Å². The fourth-order valence-electron chi connectivity index (χ4n) is 2.73. The predicted molar refractivity (Wildman–Crippen MR) is 84.4 cm³/mol. The smallest absolute Gasteiger partial charge is 0.248 e. The Morgan fingerprint density at radius 2 is 1.62 bits per heavy atom. The lowest BCUT2D eigenvalue weighted by Gasteiger charge is -2.16. The minimum Gasteiger partial charge on any atom is -1.00 e. The molecule has 0 bridgehead atoms. The molecule has 2 rings (SSSR count). The highest BCUT2D eigenvalue weighted by atomic mass is 79.9. The summed E-state index contributed by atoms with van der Waals surface area (Å²) in [5.41, 5.74) is 4.22. The molecule has 0 amide bonds. The van der Waals surface area contributed by atoms with E-state index < -0.39 is 0 Å². The molecule has 0 unspecified atom stereocenters. The molecule has 1 heterocycles. The van der Waals surface area contributed by atoms with Gasteiger partial charge in [-0.2, -0.15) is 0 Å². The highest BCUT2D eigenvalue weighted by Crippen LogP contribution is 2.30. The first kappa shape index (κ1) is 18.0. The number of benzene rings is 1. The highest BCUT2D eigenvalue weighted by molar-refractivity contribution is 5.50. The van der Waals surface area contributed by atoms with Gasteiger partial charge >= 0.3 is 0 Å². The Balaban J connectivity index is 0.00000220. The van der Waals surface area contributed by atoms with Crippen LogP contribution in [0.4, 0.5) is 0 Å². The van der Waals surface area contributed by atoms with Crippen molar-refractivity contribution in [3.05, 3.63) is 48.0 Å². The van der Waals surface area contributed by atoms with E-state index in [1.165, 1.54) is 16.8 Å². The van der Waals surface area contributed by atoms with Crippen molar-refractivity contribution in [1.82, 2.24) is 4.57 Å². The average molecular weight is 351 g/mol. The summed E-state index contributed by atoms with van der Waals surface area (Å²) in [6.07, 6.45) is 7.74. The van der Waals surface area contributed by atoms with Gasteiger partial charge in [0.25, 0.3) is 0 Å². The molecule has 1 aromatic heterocycles. The highest BCUT2D eigenvalue weighted by Gasteiger charge is 2.19. The van der Waals surface area contributed by atoms with Crippen molar-refractivity contribution in [2.45, 2.75) is 59.4 Å². The van der Waals surface area contributed by atoms with Crippen molar-refractivity contribution in [2.75, 3.05) is 0 Å². The van der Waals surface area contributed by atoms with E-state index in [1.54, 1.807) is 0 Å². The summed E-state index contributed by atoms with van der Waals surface area (Å²) < 4.78 is 4.56. The lowest BCUT2D eigenvalue weighted by Crippen LogP contribution is -3.00.